The first-order valence-electron chi connectivity index (χ1n) is 7.68. The first-order valence-corrected chi connectivity index (χ1v) is 7.68. The number of nitrogens with zero attached hydrogens (tertiary/aromatic N) is 1. The maximum absolute atomic E-state index is 9.61. The number of likely N-dealkylation sites (tertiary alicyclic amines) is 1. The maximum atomic E-state index is 9.61. The van der Waals surface area contributed by atoms with Crippen LogP contribution >= 0.6 is 0 Å². The van der Waals surface area contributed by atoms with Gasteiger partial charge in [0.2, 0.25) is 0 Å². The third-order valence-electron chi connectivity index (χ3n) is 4.41. The van der Waals surface area contributed by atoms with E-state index in [4.69, 9.17) is 0 Å². The fourth-order valence-electron chi connectivity index (χ4n) is 3.43. The van der Waals surface area contributed by atoms with Gasteiger partial charge in [-0.25, -0.2) is 0 Å². The van der Waals surface area contributed by atoms with Gasteiger partial charge >= 0.3 is 0 Å². The van der Waals surface area contributed by atoms with Crippen LogP contribution in [0.4, 0.5) is 0 Å². The molecule has 3 atom stereocenters. The summed E-state index contributed by atoms with van der Waals surface area (Å²) in [6.45, 7) is 11.2. The number of nitrogens with one attached hydrogen (secondary N) is 1. The Labute approximate surface area is 113 Å². The van der Waals surface area contributed by atoms with Crippen molar-refractivity contribution < 1.29 is 5.11 Å². The molecule has 0 bridgehead atoms. The van der Waals surface area contributed by atoms with Crippen LogP contribution in [0.3, 0.4) is 0 Å². The van der Waals surface area contributed by atoms with Crippen LogP contribution in [0.2, 0.25) is 0 Å². The highest BCUT2D eigenvalue weighted by molar-refractivity contribution is 4.89. The lowest BCUT2D eigenvalue weighted by Gasteiger charge is -2.43. The molecule has 0 amide bonds. The topological polar surface area (TPSA) is 35.5 Å². The largest absolute Gasteiger partial charge is 0.394 e. The Morgan fingerprint density at radius 2 is 2.11 bits per heavy atom. The van der Waals surface area contributed by atoms with Gasteiger partial charge < -0.3 is 10.4 Å². The molecule has 18 heavy (non-hydrogen) atoms. The molecule has 0 radical (unpaired) electrons. The van der Waals surface area contributed by atoms with Crippen molar-refractivity contribution in [3.63, 3.8) is 0 Å². The molecule has 1 aliphatic heterocycles. The molecule has 0 aromatic heterocycles. The number of aliphatic hydroxyl groups is 1. The molecule has 3 heteroatoms. The van der Waals surface area contributed by atoms with Crippen molar-refractivity contribution in [2.45, 2.75) is 77.4 Å². The van der Waals surface area contributed by atoms with Crippen molar-refractivity contribution in [2.75, 3.05) is 19.7 Å². The van der Waals surface area contributed by atoms with Crippen LogP contribution in [-0.2, 0) is 0 Å². The van der Waals surface area contributed by atoms with Gasteiger partial charge in [0.15, 0.2) is 0 Å². The highest BCUT2D eigenvalue weighted by atomic mass is 16.3. The molecule has 0 aromatic carbocycles. The van der Waals surface area contributed by atoms with E-state index in [1.807, 2.05) is 0 Å². The molecule has 1 rings (SSSR count). The molecule has 0 spiro atoms. The van der Waals surface area contributed by atoms with Crippen molar-refractivity contribution >= 4 is 0 Å². The van der Waals surface area contributed by atoms with E-state index in [9.17, 15) is 5.11 Å². The van der Waals surface area contributed by atoms with Crippen LogP contribution in [-0.4, -0.2) is 47.3 Å². The van der Waals surface area contributed by atoms with E-state index in [1.165, 1.54) is 32.2 Å². The van der Waals surface area contributed by atoms with E-state index in [1.54, 1.807) is 0 Å². The average Bonchev–Trinajstić information content (AvgIpc) is 2.38. The van der Waals surface area contributed by atoms with Crippen molar-refractivity contribution in [2.24, 2.45) is 0 Å². The predicted octanol–water partition coefficient (Wildman–Crippen LogP) is 2.39. The minimum atomic E-state index is -0.135. The van der Waals surface area contributed by atoms with Crippen LogP contribution in [0.5, 0.6) is 0 Å². The molecule has 0 aliphatic carbocycles. The van der Waals surface area contributed by atoms with Crippen LogP contribution in [0.1, 0.15) is 59.8 Å². The molecule has 1 fully saturated rings. The van der Waals surface area contributed by atoms with E-state index in [-0.39, 0.29) is 12.1 Å². The monoisotopic (exact) mass is 256 g/mol. The quantitative estimate of drug-likeness (QED) is 0.734. The molecular weight excluding hydrogens is 224 g/mol. The summed E-state index contributed by atoms with van der Waals surface area (Å²) in [4.78, 5) is 2.66. The van der Waals surface area contributed by atoms with Gasteiger partial charge in [0.25, 0.3) is 0 Å². The van der Waals surface area contributed by atoms with Crippen molar-refractivity contribution in [1.29, 1.82) is 0 Å². The van der Waals surface area contributed by atoms with E-state index in [0.29, 0.717) is 6.04 Å². The second-order valence-electron chi connectivity index (χ2n) is 6.10. The van der Waals surface area contributed by atoms with Crippen LogP contribution in [0, 0.1) is 0 Å². The van der Waals surface area contributed by atoms with Crippen LogP contribution in [0.15, 0.2) is 0 Å². The number of aliphatic hydroxyl groups excluding tert-OH is 1. The molecule has 2 N–H and O–H groups in total. The lowest BCUT2D eigenvalue weighted by molar-refractivity contribution is 0.0641. The number of piperidine rings is 1. The van der Waals surface area contributed by atoms with E-state index < -0.39 is 0 Å². The van der Waals surface area contributed by atoms with Crippen molar-refractivity contribution in [3.8, 4) is 0 Å². The fourth-order valence-corrected chi connectivity index (χ4v) is 3.43. The Bertz CT molecular complexity index is 235. The predicted molar refractivity (Wildman–Crippen MR) is 77.9 cm³/mol. The Morgan fingerprint density at radius 3 is 2.67 bits per heavy atom. The van der Waals surface area contributed by atoms with E-state index in [0.717, 1.165) is 19.0 Å². The Balaban J connectivity index is 2.58. The number of hydrogen-bond acceptors (Lipinski definition) is 3. The van der Waals surface area contributed by atoms with Gasteiger partial charge in [-0.2, -0.15) is 0 Å². The normalized spacial score (nSPS) is 26.8. The van der Waals surface area contributed by atoms with Gasteiger partial charge in [0.1, 0.15) is 0 Å². The number of rotatable bonds is 7. The molecule has 1 heterocycles. The molecule has 3 unspecified atom stereocenters. The molecule has 1 saturated heterocycles. The lowest BCUT2D eigenvalue weighted by atomic mass is 9.90. The molecule has 0 saturated carbocycles. The number of likely N-dealkylation sites (N-methyl/N-ethyl adjacent to an activating group) is 1. The first-order chi connectivity index (χ1) is 8.56. The van der Waals surface area contributed by atoms with E-state index >= 15 is 0 Å². The SMILES string of the molecule is CCNC(C)(CO)CC(C)N1CCCCC1CC. The summed E-state index contributed by atoms with van der Waals surface area (Å²) in [5, 5.41) is 13.0. The zero-order valence-electron chi connectivity index (χ0n) is 12.7. The van der Waals surface area contributed by atoms with Gasteiger partial charge in [-0.1, -0.05) is 20.3 Å². The third kappa shape index (κ3) is 4.22. The van der Waals surface area contributed by atoms with Crippen molar-refractivity contribution in [1.82, 2.24) is 10.2 Å². The molecular formula is C15H32N2O. The molecule has 3 nitrogen and oxygen atoms in total. The van der Waals surface area contributed by atoms with Crippen LogP contribution in [0.25, 0.3) is 0 Å². The zero-order valence-corrected chi connectivity index (χ0v) is 12.7. The minimum Gasteiger partial charge on any atom is -0.394 e. The highest BCUT2D eigenvalue weighted by Crippen LogP contribution is 2.25. The molecule has 108 valence electrons. The Kier molecular flexibility index (Phi) is 6.61. The summed E-state index contributed by atoms with van der Waals surface area (Å²) in [5.41, 5.74) is -0.135. The second-order valence-corrected chi connectivity index (χ2v) is 6.10. The summed E-state index contributed by atoms with van der Waals surface area (Å²) >= 11 is 0. The summed E-state index contributed by atoms with van der Waals surface area (Å²) in [5.74, 6) is 0. The Morgan fingerprint density at radius 1 is 1.39 bits per heavy atom. The second kappa shape index (κ2) is 7.46. The average molecular weight is 256 g/mol. The van der Waals surface area contributed by atoms with Crippen LogP contribution < -0.4 is 5.32 Å². The van der Waals surface area contributed by atoms with Crippen molar-refractivity contribution in [3.05, 3.63) is 0 Å². The summed E-state index contributed by atoms with van der Waals surface area (Å²) in [6, 6.07) is 1.30. The molecule has 0 aromatic rings. The first kappa shape index (κ1) is 15.9. The standard InChI is InChI=1S/C15H32N2O/c1-5-14-9-7-8-10-17(14)13(3)11-15(4,12-18)16-6-2/h13-14,16,18H,5-12H2,1-4H3. The third-order valence-corrected chi connectivity index (χ3v) is 4.41. The van der Waals surface area contributed by atoms with Gasteiger partial charge in [0.05, 0.1) is 6.61 Å². The summed E-state index contributed by atoms with van der Waals surface area (Å²) in [6.07, 6.45) is 6.33. The molecule has 1 aliphatic rings. The van der Waals surface area contributed by atoms with Gasteiger partial charge in [0, 0.05) is 17.6 Å². The van der Waals surface area contributed by atoms with E-state index in [2.05, 4.69) is 37.9 Å². The number of hydrogen-bond donors (Lipinski definition) is 2. The smallest absolute Gasteiger partial charge is 0.0611 e. The van der Waals surface area contributed by atoms with Gasteiger partial charge in [-0.15, -0.1) is 0 Å². The summed E-state index contributed by atoms with van der Waals surface area (Å²) in [7, 11) is 0. The summed E-state index contributed by atoms with van der Waals surface area (Å²) < 4.78 is 0. The minimum absolute atomic E-state index is 0.135. The lowest BCUT2D eigenvalue weighted by Crippen LogP contribution is -2.53. The highest BCUT2D eigenvalue weighted by Gasteiger charge is 2.31. The van der Waals surface area contributed by atoms with Gasteiger partial charge in [-0.05, 0) is 52.6 Å². The zero-order chi connectivity index (χ0) is 13.6. The fraction of sp³-hybridized carbons (Fsp3) is 1.00. The maximum Gasteiger partial charge on any atom is 0.0611 e. The Hall–Kier alpha value is -0.120. The van der Waals surface area contributed by atoms with Gasteiger partial charge in [-0.3, -0.25) is 4.90 Å².